The molecule has 0 aromatic heterocycles. The lowest BCUT2D eigenvalue weighted by Gasteiger charge is -2.12. The van der Waals surface area contributed by atoms with Gasteiger partial charge in [-0.25, -0.2) is 4.39 Å². The number of carbonyl (C=O) groups is 1. The zero-order chi connectivity index (χ0) is 18.7. The molecular weight excluding hydrogens is 333 g/mol. The van der Waals surface area contributed by atoms with Crippen LogP contribution < -0.4 is 10.5 Å². The van der Waals surface area contributed by atoms with Gasteiger partial charge >= 0.3 is 5.97 Å². The Morgan fingerprint density at radius 2 is 2.00 bits per heavy atom. The molecule has 0 saturated carbocycles. The maximum atomic E-state index is 12.3. The summed E-state index contributed by atoms with van der Waals surface area (Å²) in [6.07, 6.45) is 3.18. The van der Waals surface area contributed by atoms with Gasteiger partial charge in [-0.3, -0.25) is 4.79 Å². The van der Waals surface area contributed by atoms with E-state index < -0.39 is 5.97 Å². The molecule has 2 aliphatic rings. The van der Waals surface area contributed by atoms with Gasteiger partial charge in [-0.15, -0.1) is 0 Å². The number of halogens is 1. The molecule has 4 rings (SSSR count). The second kappa shape index (κ2) is 7.87. The summed E-state index contributed by atoms with van der Waals surface area (Å²) in [7, 11) is 0. The Balaban J connectivity index is 0.000000170. The van der Waals surface area contributed by atoms with Crippen molar-refractivity contribution >= 4 is 5.97 Å². The van der Waals surface area contributed by atoms with Gasteiger partial charge in [0.15, 0.2) is 0 Å². The summed E-state index contributed by atoms with van der Waals surface area (Å²) >= 11 is 0. The van der Waals surface area contributed by atoms with Gasteiger partial charge in [-0.2, -0.15) is 0 Å². The van der Waals surface area contributed by atoms with Crippen molar-refractivity contribution in [2.75, 3.05) is 6.61 Å². The van der Waals surface area contributed by atoms with Gasteiger partial charge in [0.1, 0.15) is 11.6 Å². The predicted octanol–water partition coefficient (Wildman–Crippen LogP) is 3.97. The van der Waals surface area contributed by atoms with Crippen LogP contribution >= 0.6 is 0 Å². The SMILES string of the molecule is C[C@H](N)c1ccc(F)cc1.O=C(O)C[C@H]1CCc2ccc3c(c21)CCO3. The standard InChI is InChI=1S/C13H14O3.C8H10FN/c14-12(15)7-9-2-1-8-3-4-11-10(13(8)9)5-6-16-11;1-6(10)7-2-4-8(9)5-3-7/h3-4,9H,1-2,5-7H2,(H,14,15);2-6H,10H2,1H3/t9-;6-/m10/s1. The third-order valence-electron chi connectivity index (χ3n) is 5.00. The molecule has 2 aromatic rings. The Bertz CT molecular complexity index is 787. The van der Waals surface area contributed by atoms with Crippen LogP contribution in [0.15, 0.2) is 36.4 Å². The minimum atomic E-state index is -0.700. The third-order valence-corrected chi connectivity index (χ3v) is 5.00. The van der Waals surface area contributed by atoms with Gasteiger partial charge in [-0.1, -0.05) is 18.2 Å². The highest BCUT2D eigenvalue weighted by Gasteiger charge is 2.30. The lowest BCUT2D eigenvalue weighted by Crippen LogP contribution is -2.05. The Morgan fingerprint density at radius 1 is 1.27 bits per heavy atom. The molecule has 0 spiro atoms. The van der Waals surface area contributed by atoms with Gasteiger partial charge in [0.2, 0.25) is 0 Å². The average Bonchev–Trinajstić information content (AvgIpc) is 3.21. The van der Waals surface area contributed by atoms with Crippen LogP contribution in [0.2, 0.25) is 0 Å². The van der Waals surface area contributed by atoms with Crippen LogP contribution in [0.4, 0.5) is 4.39 Å². The fraction of sp³-hybridized carbons (Fsp3) is 0.381. The molecule has 1 aliphatic heterocycles. The smallest absolute Gasteiger partial charge is 0.303 e. The minimum absolute atomic E-state index is 0.0133. The number of fused-ring (bicyclic) bond motifs is 3. The van der Waals surface area contributed by atoms with Crippen LogP contribution in [0.5, 0.6) is 5.75 Å². The zero-order valence-corrected chi connectivity index (χ0v) is 14.9. The minimum Gasteiger partial charge on any atom is -0.493 e. The summed E-state index contributed by atoms with van der Waals surface area (Å²) < 4.78 is 17.8. The first-order valence-corrected chi connectivity index (χ1v) is 8.96. The Kier molecular flexibility index (Phi) is 5.57. The number of hydrogen-bond acceptors (Lipinski definition) is 3. The summed E-state index contributed by atoms with van der Waals surface area (Å²) in [5.41, 5.74) is 10.4. The van der Waals surface area contributed by atoms with Crippen molar-refractivity contribution in [3.05, 3.63) is 64.5 Å². The molecule has 2 atom stereocenters. The van der Waals surface area contributed by atoms with Gasteiger partial charge in [-0.05, 0) is 60.6 Å². The number of rotatable bonds is 3. The van der Waals surface area contributed by atoms with Crippen molar-refractivity contribution in [2.24, 2.45) is 5.73 Å². The van der Waals surface area contributed by atoms with Crippen molar-refractivity contribution in [3.8, 4) is 5.75 Å². The van der Waals surface area contributed by atoms with Crippen molar-refractivity contribution in [1.82, 2.24) is 0 Å². The van der Waals surface area contributed by atoms with Crippen LogP contribution in [-0.4, -0.2) is 17.7 Å². The maximum absolute atomic E-state index is 12.3. The zero-order valence-electron chi connectivity index (χ0n) is 14.9. The first-order valence-electron chi connectivity index (χ1n) is 8.96. The van der Waals surface area contributed by atoms with Crippen LogP contribution in [-0.2, 0) is 17.6 Å². The van der Waals surface area contributed by atoms with E-state index in [1.807, 2.05) is 13.0 Å². The van der Waals surface area contributed by atoms with Gasteiger partial charge in [0, 0.05) is 18.0 Å². The van der Waals surface area contributed by atoms with E-state index in [0.717, 1.165) is 37.2 Å². The number of aliphatic carboxylic acids is 1. The van der Waals surface area contributed by atoms with Gasteiger partial charge in [0.05, 0.1) is 13.0 Å². The van der Waals surface area contributed by atoms with E-state index >= 15 is 0 Å². The normalized spacial score (nSPS) is 18.2. The highest BCUT2D eigenvalue weighted by atomic mass is 19.1. The molecule has 0 unspecified atom stereocenters. The summed E-state index contributed by atoms with van der Waals surface area (Å²) in [6.45, 7) is 2.61. The molecule has 4 nitrogen and oxygen atoms in total. The molecule has 0 bridgehead atoms. The molecule has 26 heavy (non-hydrogen) atoms. The summed E-state index contributed by atoms with van der Waals surface area (Å²) in [5.74, 6) is 0.249. The number of hydrogen-bond donors (Lipinski definition) is 2. The fourth-order valence-corrected chi connectivity index (χ4v) is 3.73. The van der Waals surface area contributed by atoms with Crippen LogP contribution in [0.25, 0.3) is 0 Å². The maximum Gasteiger partial charge on any atom is 0.303 e. The highest BCUT2D eigenvalue weighted by Crippen LogP contribution is 2.43. The summed E-state index contributed by atoms with van der Waals surface area (Å²) in [4.78, 5) is 10.8. The average molecular weight is 357 g/mol. The number of carboxylic acid groups (broad SMARTS) is 1. The van der Waals surface area contributed by atoms with E-state index in [1.54, 1.807) is 12.1 Å². The lowest BCUT2D eigenvalue weighted by atomic mass is 9.92. The number of nitrogens with two attached hydrogens (primary N) is 1. The Morgan fingerprint density at radius 3 is 2.65 bits per heavy atom. The Hall–Kier alpha value is -2.40. The molecule has 1 aliphatic carbocycles. The third kappa shape index (κ3) is 4.05. The summed E-state index contributed by atoms with van der Waals surface area (Å²) in [6, 6.07) is 10.3. The van der Waals surface area contributed by atoms with Gasteiger partial charge < -0.3 is 15.6 Å². The second-order valence-electron chi connectivity index (χ2n) is 6.89. The van der Waals surface area contributed by atoms with Crippen LogP contribution in [0.1, 0.15) is 54.0 Å². The van der Waals surface area contributed by atoms with E-state index in [-0.39, 0.29) is 24.2 Å². The molecule has 2 aromatic carbocycles. The molecule has 3 N–H and O–H groups in total. The van der Waals surface area contributed by atoms with Crippen molar-refractivity contribution in [1.29, 1.82) is 0 Å². The van der Waals surface area contributed by atoms with Crippen molar-refractivity contribution < 1.29 is 19.0 Å². The van der Waals surface area contributed by atoms with E-state index in [0.29, 0.717) is 0 Å². The van der Waals surface area contributed by atoms with Crippen LogP contribution in [0, 0.1) is 5.82 Å². The quantitative estimate of drug-likeness (QED) is 0.872. The number of benzene rings is 2. The van der Waals surface area contributed by atoms with Crippen molar-refractivity contribution in [2.45, 2.75) is 44.6 Å². The van der Waals surface area contributed by atoms with E-state index in [9.17, 15) is 9.18 Å². The van der Waals surface area contributed by atoms with Crippen molar-refractivity contribution in [3.63, 3.8) is 0 Å². The van der Waals surface area contributed by atoms with E-state index in [4.69, 9.17) is 15.6 Å². The molecule has 0 amide bonds. The fourth-order valence-electron chi connectivity index (χ4n) is 3.73. The molecule has 0 fully saturated rings. The van der Waals surface area contributed by atoms with E-state index in [1.165, 1.54) is 28.8 Å². The topological polar surface area (TPSA) is 72.6 Å². The number of aryl methyl sites for hydroxylation is 1. The highest BCUT2D eigenvalue weighted by molar-refractivity contribution is 5.69. The second-order valence-corrected chi connectivity index (χ2v) is 6.89. The largest absolute Gasteiger partial charge is 0.493 e. The van der Waals surface area contributed by atoms with E-state index in [2.05, 4.69) is 6.07 Å². The summed E-state index contributed by atoms with van der Waals surface area (Å²) in [5, 5.41) is 8.92. The Labute approximate surface area is 152 Å². The lowest BCUT2D eigenvalue weighted by molar-refractivity contribution is -0.137. The molecule has 0 radical (unpaired) electrons. The van der Waals surface area contributed by atoms with Crippen LogP contribution in [0.3, 0.4) is 0 Å². The monoisotopic (exact) mass is 357 g/mol. The predicted molar refractivity (Wildman–Crippen MR) is 98.0 cm³/mol. The van der Waals surface area contributed by atoms with Gasteiger partial charge in [0.25, 0.3) is 0 Å². The molecule has 1 heterocycles. The molecule has 5 heteroatoms. The molecular formula is C21H24FNO3. The number of ether oxygens (including phenoxy) is 1. The number of carboxylic acids is 1. The molecule has 0 saturated heterocycles. The first-order chi connectivity index (χ1) is 12.5. The molecule has 138 valence electrons. The first kappa shape index (κ1) is 18.4.